The summed E-state index contributed by atoms with van der Waals surface area (Å²) in [5.41, 5.74) is 2.99. The van der Waals surface area contributed by atoms with E-state index in [4.69, 9.17) is 17.0 Å². The molecule has 1 aromatic carbocycles. The largest absolute Gasteiger partial charge is 0.450 e. The predicted octanol–water partition coefficient (Wildman–Crippen LogP) is 3.24. The Hall–Kier alpha value is -3.60. The predicted molar refractivity (Wildman–Crippen MR) is 135 cm³/mol. The number of thiocarbonyl (C=S) groups is 1. The molecule has 1 saturated heterocycles. The molecule has 0 radical (unpaired) electrons. The molecule has 3 rings (SSSR count). The third-order valence-electron chi connectivity index (χ3n) is 5.06. The summed E-state index contributed by atoms with van der Waals surface area (Å²) in [5, 5.41) is 6.49. The molecule has 0 bridgehead atoms. The molecule has 2 N–H and O–H groups in total. The smallest absolute Gasteiger partial charge is 0.409 e. The minimum Gasteiger partial charge on any atom is -0.450 e. The zero-order chi connectivity index (χ0) is 24.7. The number of amides is 1. The van der Waals surface area contributed by atoms with Crippen LogP contribution < -0.4 is 10.6 Å². The van der Waals surface area contributed by atoms with Crippen LogP contribution in [-0.2, 0) is 4.74 Å². The fraction of sp³-hybridized carbons (Fsp3) is 0.391. The zero-order valence-electron chi connectivity index (χ0n) is 19.8. The number of aromatic nitrogens is 2. The van der Waals surface area contributed by atoms with Gasteiger partial charge < -0.3 is 19.9 Å². The number of nitrogens with zero attached hydrogens (tertiary/aromatic N) is 5. The lowest BCUT2D eigenvalue weighted by Crippen LogP contribution is -2.52. The van der Waals surface area contributed by atoms with Gasteiger partial charge in [0.25, 0.3) is 0 Å². The maximum atomic E-state index is 12.1. The van der Waals surface area contributed by atoms with Crippen molar-refractivity contribution in [1.82, 2.24) is 19.8 Å². The highest BCUT2D eigenvalue weighted by Gasteiger charge is 2.25. The fourth-order valence-corrected chi connectivity index (χ4v) is 3.62. The van der Waals surface area contributed by atoms with E-state index in [1.165, 1.54) is 6.92 Å². The van der Waals surface area contributed by atoms with E-state index in [1.807, 2.05) is 24.8 Å². The van der Waals surface area contributed by atoms with E-state index in [0.29, 0.717) is 55.9 Å². The second-order valence-corrected chi connectivity index (χ2v) is 8.16. The molecule has 1 fully saturated rings. The molecule has 2 heterocycles. The van der Waals surface area contributed by atoms with Gasteiger partial charge in [0.1, 0.15) is 0 Å². The summed E-state index contributed by atoms with van der Waals surface area (Å²) in [6, 6.07) is 8.90. The monoisotopic (exact) mass is 483 g/mol. The van der Waals surface area contributed by atoms with Crippen LogP contribution in [-0.4, -0.2) is 75.5 Å². The standard InChI is InChI=1S/C23H29N7O3S/c1-5-33-23(32)30-12-10-29(11-13-30)21(27-20-24-15(2)14-16(3)25-20)28-22(34)26-19-8-6-18(7-9-19)17(4)31/h6-9,14H,5,10-13H2,1-4H3,(H2,24,25,26,27,28,34). The van der Waals surface area contributed by atoms with Crippen LogP contribution in [0.25, 0.3) is 0 Å². The summed E-state index contributed by atoms with van der Waals surface area (Å²) in [4.78, 5) is 40.7. The maximum absolute atomic E-state index is 12.1. The molecule has 0 unspecified atom stereocenters. The number of piperazine rings is 1. The number of Topliss-reactive ketones (excluding diaryl/α,β-unsaturated/α-hetero) is 1. The van der Waals surface area contributed by atoms with Crippen molar-refractivity contribution in [3.05, 3.63) is 47.3 Å². The molecule has 1 aromatic heterocycles. The van der Waals surface area contributed by atoms with Crippen LogP contribution in [0, 0.1) is 13.8 Å². The number of anilines is 2. The molecule has 0 spiro atoms. The van der Waals surface area contributed by atoms with Crippen LogP contribution in [0.3, 0.4) is 0 Å². The van der Waals surface area contributed by atoms with Crippen molar-refractivity contribution in [2.24, 2.45) is 4.99 Å². The van der Waals surface area contributed by atoms with Gasteiger partial charge in [-0.2, -0.15) is 4.99 Å². The molecular weight excluding hydrogens is 454 g/mol. The van der Waals surface area contributed by atoms with Crippen LogP contribution in [0.2, 0.25) is 0 Å². The number of rotatable bonds is 4. The van der Waals surface area contributed by atoms with Crippen LogP contribution in [0.5, 0.6) is 0 Å². The molecule has 1 amide bonds. The van der Waals surface area contributed by atoms with Crippen LogP contribution in [0.15, 0.2) is 35.3 Å². The van der Waals surface area contributed by atoms with Gasteiger partial charge in [0.2, 0.25) is 17.0 Å². The molecule has 180 valence electrons. The van der Waals surface area contributed by atoms with Crippen LogP contribution in [0.1, 0.15) is 35.6 Å². The number of hydrogen-bond donors (Lipinski definition) is 2. The first-order chi connectivity index (χ1) is 16.2. The lowest BCUT2D eigenvalue weighted by Gasteiger charge is -2.35. The summed E-state index contributed by atoms with van der Waals surface area (Å²) in [7, 11) is 0. The van der Waals surface area contributed by atoms with Crippen molar-refractivity contribution in [2.75, 3.05) is 43.4 Å². The Morgan fingerprint density at radius 3 is 2.18 bits per heavy atom. The van der Waals surface area contributed by atoms with Gasteiger partial charge in [-0.1, -0.05) is 0 Å². The number of aryl methyl sites for hydroxylation is 2. The summed E-state index contributed by atoms with van der Waals surface area (Å²) >= 11 is 5.48. The lowest BCUT2D eigenvalue weighted by atomic mass is 10.1. The quantitative estimate of drug-likeness (QED) is 0.293. The van der Waals surface area contributed by atoms with Crippen molar-refractivity contribution in [3.63, 3.8) is 0 Å². The number of guanidine groups is 1. The molecule has 0 aliphatic carbocycles. The summed E-state index contributed by atoms with van der Waals surface area (Å²) in [6.45, 7) is 9.47. The Kier molecular flexibility index (Phi) is 8.47. The second kappa shape index (κ2) is 11.5. The molecular formula is C23H29N7O3S. The molecule has 0 atom stereocenters. The zero-order valence-corrected chi connectivity index (χ0v) is 20.6. The highest BCUT2D eigenvalue weighted by molar-refractivity contribution is 7.80. The van der Waals surface area contributed by atoms with Crippen molar-refractivity contribution in [1.29, 1.82) is 0 Å². The van der Waals surface area contributed by atoms with Crippen LogP contribution in [0.4, 0.5) is 16.4 Å². The average molecular weight is 484 g/mol. The summed E-state index contributed by atoms with van der Waals surface area (Å²) < 4.78 is 5.10. The number of ether oxygens (including phenoxy) is 1. The normalized spacial score (nSPS) is 13.9. The Morgan fingerprint density at radius 2 is 1.62 bits per heavy atom. The number of carbonyl (C=O) groups is 2. The third kappa shape index (κ3) is 6.95. The van der Waals surface area contributed by atoms with Gasteiger partial charge in [-0.3, -0.25) is 10.1 Å². The molecule has 10 nitrogen and oxygen atoms in total. The van der Waals surface area contributed by atoms with E-state index in [2.05, 4.69) is 25.6 Å². The van der Waals surface area contributed by atoms with E-state index in [-0.39, 0.29) is 17.0 Å². The van der Waals surface area contributed by atoms with E-state index < -0.39 is 0 Å². The number of ketones is 1. The van der Waals surface area contributed by atoms with Crippen molar-refractivity contribution in [2.45, 2.75) is 27.7 Å². The van der Waals surface area contributed by atoms with Gasteiger partial charge in [0, 0.05) is 48.8 Å². The number of aliphatic imine (C=N–C) groups is 1. The molecule has 1 aliphatic heterocycles. The number of carbonyl (C=O) groups excluding carboxylic acids is 2. The Balaban J connectivity index is 1.78. The average Bonchev–Trinajstić information content (AvgIpc) is 2.78. The van der Waals surface area contributed by atoms with E-state index >= 15 is 0 Å². The molecule has 34 heavy (non-hydrogen) atoms. The molecule has 11 heteroatoms. The SMILES string of the molecule is CCOC(=O)N1CCN(/C(=N\C(=S)Nc2ccc(C(C)=O)cc2)Nc2nc(C)cc(C)n2)CC1. The molecule has 2 aromatic rings. The van der Waals surface area contributed by atoms with Crippen molar-refractivity contribution in [3.8, 4) is 0 Å². The van der Waals surface area contributed by atoms with Gasteiger partial charge >= 0.3 is 6.09 Å². The second-order valence-electron chi connectivity index (χ2n) is 7.77. The topological polar surface area (TPSA) is 112 Å². The molecule has 0 saturated carbocycles. The summed E-state index contributed by atoms with van der Waals surface area (Å²) in [5.74, 6) is 0.887. The van der Waals surface area contributed by atoms with Gasteiger partial charge in [-0.05, 0) is 70.2 Å². The van der Waals surface area contributed by atoms with Crippen molar-refractivity contribution >= 4 is 46.8 Å². The molecule has 1 aliphatic rings. The van der Waals surface area contributed by atoms with Gasteiger partial charge in [-0.15, -0.1) is 0 Å². The highest BCUT2D eigenvalue weighted by Crippen LogP contribution is 2.12. The van der Waals surface area contributed by atoms with Gasteiger partial charge in [0.05, 0.1) is 6.61 Å². The Morgan fingerprint density at radius 1 is 1.03 bits per heavy atom. The van der Waals surface area contributed by atoms with Gasteiger partial charge in [-0.25, -0.2) is 14.8 Å². The van der Waals surface area contributed by atoms with Gasteiger partial charge in [0.15, 0.2) is 5.78 Å². The van der Waals surface area contributed by atoms with Crippen LogP contribution >= 0.6 is 12.2 Å². The third-order valence-corrected chi connectivity index (χ3v) is 5.25. The number of nitrogens with one attached hydrogen (secondary N) is 2. The summed E-state index contributed by atoms with van der Waals surface area (Å²) in [6.07, 6.45) is -0.322. The first-order valence-electron chi connectivity index (χ1n) is 11.0. The first kappa shape index (κ1) is 25.0. The van der Waals surface area contributed by atoms with E-state index in [0.717, 1.165) is 11.4 Å². The maximum Gasteiger partial charge on any atom is 0.409 e. The first-order valence-corrected chi connectivity index (χ1v) is 11.4. The minimum absolute atomic E-state index is 0.00552. The van der Waals surface area contributed by atoms with E-state index in [9.17, 15) is 9.59 Å². The highest BCUT2D eigenvalue weighted by atomic mass is 32.1. The lowest BCUT2D eigenvalue weighted by molar-refractivity contribution is 0.0919. The fourth-order valence-electron chi connectivity index (χ4n) is 3.41. The van der Waals surface area contributed by atoms with E-state index in [1.54, 1.807) is 36.1 Å². The van der Waals surface area contributed by atoms with Crippen molar-refractivity contribution < 1.29 is 14.3 Å². The number of hydrogen-bond acceptors (Lipinski definition) is 6. The Labute approximate surface area is 204 Å². The number of benzene rings is 1. The Bertz CT molecular complexity index is 1060. The minimum atomic E-state index is -0.322.